The van der Waals surface area contributed by atoms with E-state index in [0.29, 0.717) is 0 Å². The van der Waals surface area contributed by atoms with Crippen LogP contribution in [-0.2, 0) is 13.5 Å². The molecule has 108 valence electrons. The largest absolute Gasteiger partial charge is 0.321 e. The molecule has 1 aromatic rings. The van der Waals surface area contributed by atoms with E-state index in [2.05, 4.69) is 22.4 Å². The summed E-state index contributed by atoms with van der Waals surface area (Å²) in [6.07, 6.45) is 12.5. The molecule has 1 saturated carbocycles. The number of nitrogens with zero attached hydrogens (tertiary/aromatic N) is 3. The van der Waals surface area contributed by atoms with E-state index < -0.39 is 0 Å². The van der Waals surface area contributed by atoms with Gasteiger partial charge in [-0.25, -0.2) is 0 Å². The van der Waals surface area contributed by atoms with E-state index >= 15 is 0 Å². The minimum atomic E-state index is 0.718. The second-order valence-corrected chi connectivity index (χ2v) is 5.92. The third kappa shape index (κ3) is 4.60. The minimum absolute atomic E-state index is 0.718. The molecular weight excluding hydrogens is 236 g/mol. The van der Waals surface area contributed by atoms with Crippen molar-refractivity contribution in [3.63, 3.8) is 0 Å². The predicted octanol–water partition coefficient (Wildman–Crippen LogP) is 2.70. The molecule has 1 N–H and O–H groups in total. The molecule has 0 aliphatic heterocycles. The smallest absolute Gasteiger partial charge is 0.133 e. The molecule has 2 atom stereocenters. The lowest BCUT2D eigenvalue weighted by Crippen LogP contribution is -2.30. The molecule has 0 saturated heterocycles. The van der Waals surface area contributed by atoms with E-state index in [1.54, 1.807) is 6.33 Å². The average Bonchev–Trinajstić information content (AvgIpc) is 2.68. The van der Waals surface area contributed by atoms with E-state index in [-0.39, 0.29) is 0 Å². The van der Waals surface area contributed by atoms with Crippen LogP contribution in [0.4, 0.5) is 0 Å². The summed E-state index contributed by atoms with van der Waals surface area (Å²) in [7, 11) is 2.01. The number of hydrogen-bond donors (Lipinski definition) is 1. The summed E-state index contributed by atoms with van der Waals surface area (Å²) >= 11 is 0. The maximum Gasteiger partial charge on any atom is 0.133 e. The summed E-state index contributed by atoms with van der Waals surface area (Å²) in [5, 5.41) is 11.8. The normalized spacial score (nSPS) is 24.3. The molecule has 1 fully saturated rings. The number of aryl methyl sites for hydroxylation is 1. The lowest BCUT2D eigenvalue weighted by molar-refractivity contribution is 0.410. The summed E-state index contributed by atoms with van der Waals surface area (Å²) in [6, 6.07) is 0.718. The van der Waals surface area contributed by atoms with E-state index in [4.69, 9.17) is 0 Å². The fourth-order valence-corrected chi connectivity index (χ4v) is 3.20. The summed E-state index contributed by atoms with van der Waals surface area (Å²) in [6.45, 7) is 3.33. The van der Waals surface area contributed by atoms with Gasteiger partial charge >= 0.3 is 0 Å². The summed E-state index contributed by atoms with van der Waals surface area (Å²) in [5.41, 5.74) is 0. The Kier molecular flexibility index (Phi) is 5.83. The maximum absolute atomic E-state index is 4.13. The summed E-state index contributed by atoms with van der Waals surface area (Å²) < 4.78 is 2.01. The van der Waals surface area contributed by atoms with Crippen LogP contribution in [0.3, 0.4) is 0 Å². The quantitative estimate of drug-likeness (QED) is 0.803. The SMILES string of the molecule is CCCC1CCCC(NCCc2nncn2C)CC1. The first-order valence-electron chi connectivity index (χ1n) is 7.85. The van der Waals surface area contributed by atoms with Crippen LogP contribution in [0.25, 0.3) is 0 Å². The van der Waals surface area contributed by atoms with Crippen molar-refractivity contribution < 1.29 is 0 Å². The molecule has 19 heavy (non-hydrogen) atoms. The van der Waals surface area contributed by atoms with Crippen LogP contribution in [0.5, 0.6) is 0 Å². The van der Waals surface area contributed by atoms with Crippen LogP contribution in [0.1, 0.15) is 57.7 Å². The molecular formula is C15H28N4. The Bertz CT molecular complexity index is 361. The van der Waals surface area contributed by atoms with Crippen molar-refractivity contribution in [2.24, 2.45) is 13.0 Å². The van der Waals surface area contributed by atoms with Gasteiger partial charge in [0.1, 0.15) is 12.2 Å². The van der Waals surface area contributed by atoms with E-state index in [9.17, 15) is 0 Å². The van der Waals surface area contributed by atoms with Crippen LogP contribution in [-0.4, -0.2) is 27.4 Å². The standard InChI is InChI=1S/C15H28N4/c1-3-5-13-6-4-7-14(9-8-13)16-11-10-15-18-17-12-19(15)2/h12-14,16H,3-11H2,1-2H3. The molecule has 2 rings (SSSR count). The van der Waals surface area contributed by atoms with E-state index in [1.807, 2.05) is 11.6 Å². The molecule has 2 unspecified atom stereocenters. The van der Waals surface area contributed by atoms with Crippen LogP contribution >= 0.6 is 0 Å². The van der Waals surface area contributed by atoms with Gasteiger partial charge in [0.25, 0.3) is 0 Å². The highest BCUT2D eigenvalue weighted by Crippen LogP contribution is 2.26. The van der Waals surface area contributed by atoms with Crippen LogP contribution < -0.4 is 5.32 Å². The lowest BCUT2D eigenvalue weighted by atomic mass is 9.95. The van der Waals surface area contributed by atoms with Gasteiger partial charge in [-0.05, 0) is 25.2 Å². The Morgan fingerprint density at radius 2 is 2.21 bits per heavy atom. The van der Waals surface area contributed by atoms with Crippen molar-refractivity contribution in [1.82, 2.24) is 20.1 Å². The molecule has 4 heteroatoms. The van der Waals surface area contributed by atoms with Gasteiger partial charge in [-0.1, -0.05) is 32.6 Å². The highest BCUT2D eigenvalue weighted by Gasteiger charge is 2.17. The molecule has 1 aliphatic carbocycles. The van der Waals surface area contributed by atoms with Crippen molar-refractivity contribution in [2.45, 2.75) is 64.3 Å². The van der Waals surface area contributed by atoms with Gasteiger partial charge in [0.05, 0.1) is 0 Å². The topological polar surface area (TPSA) is 42.7 Å². The molecule has 0 radical (unpaired) electrons. The zero-order valence-corrected chi connectivity index (χ0v) is 12.4. The Hall–Kier alpha value is -0.900. The van der Waals surface area contributed by atoms with E-state index in [0.717, 1.165) is 30.7 Å². The number of nitrogens with one attached hydrogen (secondary N) is 1. The van der Waals surface area contributed by atoms with Crippen LogP contribution in [0, 0.1) is 5.92 Å². The van der Waals surface area contributed by atoms with Crippen LogP contribution in [0.2, 0.25) is 0 Å². The van der Waals surface area contributed by atoms with Crippen molar-refractivity contribution in [3.8, 4) is 0 Å². The first kappa shape index (κ1) is 14.5. The molecule has 1 aliphatic rings. The first-order chi connectivity index (χ1) is 9.29. The molecule has 0 bridgehead atoms. The molecule has 4 nitrogen and oxygen atoms in total. The van der Waals surface area contributed by atoms with Crippen molar-refractivity contribution in [3.05, 3.63) is 12.2 Å². The Labute approximate surface area is 117 Å². The third-order valence-electron chi connectivity index (χ3n) is 4.37. The van der Waals surface area contributed by atoms with Gasteiger partial charge in [-0.3, -0.25) is 0 Å². The lowest BCUT2D eigenvalue weighted by Gasteiger charge is -2.16. The summed E-state index contributed by atoms with van der Waals surface area (Å²) in [4.78, 5) is 0. The highest BCUT2D eigenvalue weighted by molar-refractivity contribution is 4.85. The monoisotopic (exact) mass is 264 g/mol. The second kappa shape index (κ2) is 7.63. The van der Waals surface area contributed by atoms with E-state index in [1.165, 1.54) is 44.9 Å². The molecule has 0 spiro atoms. The predicted molar refractivity (Wildman–Crippen MR) is 78.0 cm³/mol. The maximum atomic E-state index is 4.13. The van der Waals surface area contributed by atoms with Gasteiger partial charge in [-0.2, -0.15) is 0 Å². The van der Waals surface area contributed by atoms with Gasteiger partial charge in [0, 0.05) is 26.1 Å². The highest BCUT2D eigenvalue weighted by atomic mass is 15.2. The minimum Gasteiger partial charge on any atom is -0.321 e. The Morgan fingerprint density at radius 3 is 2.95 bits per heavy atom. The van der Waals surface area contributed by atoms with Gasteiger partial charge in [0.2, 0.25) is 0 Å². The van der Waals surface area contributed by atoms with Gasteiger partial charge < -0.3 is 9.88 Å². The molecule has 0 amide bonds. The Morgan fingerprint density at radius 1 is 1.32 bits per heavy atom. The average molecular weight is 264 g/mol. The molecule has 1 aromatic heterocycles. The zero-order valence-electron chi connectivity index (χ0n) is 12.4. The second-order valence-electron chi connectivity index (χ2n) is 5.92. The number of aromatic nitrogens is 3. The zero-order chi connectivity index (χ0) is 13.5. The van der Waals surface area contributed by atoms with Gasteiger partial charge in [0.15, 0.2) is 0 Å². The molecule has 1 heterocycles. The number of hydrogen-bond acceptors (Lipinski definition) is 3. The molecule has 0 aromatic carbocycles. The van der Waals surface area contributed by atoms with Crippen molar-refractivity contribution in [2.75, 3.05) is 6.54 Å². The number of rotatable bonds is 6. The Balaban J connectivity index is 1.67. The van der Waals surface area contributed by atoms with Gasteiger partial charge in [-0.15, -0.1) is 10.2 Å². The first-order valence-corrected chi connectivity index (χ1v) is 7.85. The summed E-state index contributed by atoms with van der Waals surface area (Å²) in [5.74, 6) is 2.06. The van der Waals surface area contributed by atoms with Crippen molar-refractivity contribution in [1.29, 1.82) is 0 Å². The third-order valence-corrected chi connectivity index (χ3v) is 4.37. The fourth-order valence-electron chi connectivity index (χ4n) is 3.20. The fraction of sp³-hybridized carbons (Fsp3) is 0.867. The van der Waals surface area contributed by atoms with Crippen molar-refractivity contribution >= 4 is 0 Å². The van der Waals surface area contributed by atoms with Crippen LogP contribution in [0.15, 0.2) is 6.33 Å².